The van der Waals surface area contributed by atoms with Gasteiger partial charge in [0, 0.05) is 47.1 Å². The molecule has 0 fully saturated rings. The van der Waals surface area contributed by atoms with Gasteiger partial charge in [0.05, 0.1) is 0 Å². The standard InChI is InChI=1S/C14H20N2OS/c1-11(6-8-18(2)17)16-10-12-3-4-13-5-7-15-14(13)9-12/h3-5,7,9,11,15-16H,6,8,10H2,1-2H3. The lowest BCUT2D eigenvalue weighted by molar-refractivity contribution is 0.535. The molecule has 3 nitrogen and oxygen atoms in total. The van der Waals surface area contributed by atoms with Crippen LogP contribution < -0.4 is 5.32 Å². The number of hydrogen-bond acceptors (Lipinski definition) is 2. The number of fused-ring (bicyclic) bond motifs is 1. The third-order valence-corrected chi connectivity index (χ3v) is 3.92. The maximum atomic E-state index is 11.0. The van der Waals surface area contributed by atoms with Gasteiger partial charge in [-0.25, -0.2) is 0 Å². The summed E-state index contributed by atoms with van der Waals surface area (Å²) in [6.07, 6.45) is 4.67. The molecule has 0 spiro atoms. The molecule has 1 heterocycles. The Labute approximate surface area is 110 Å². The van der Waals surface area contributed by atoms with E-state index in [4.69, 9.17) is 0 Å². The molecule has 0 saturated carbocycles. The van der Waals surface area contributed by atoms with Crippen molar-refractivity contribution in [2.45, 2.75) is 25.9 Å². The van der Waals surface area contributed by atoms with Gasteiger partial charge >= 0.3 is 0 Å². The molecule has 18 heavy (non-hydrogen) atoms. The molecule has 98 valence electrons. The summed E-state index contributed by atoms with van der Waals surface area (Å²) in [6.45, 7) is 2.99. The first-order valence-corrected chi connectivity index (χ1v) is 7.97. The highest BCUT2D eigenvalue weighted by molar-refractivity contribution is 7.84. The van der Waals surface area contributed by atoms with Crippen molar-refractivity contribution in [1.29, 1.82) is 0 Å². The van der Waals surface area contributed by atoms with Gasteiger partial charge in [0.15, 0.2) is 0 Å². The average molecular weight is 264 g/mol. The maximum Gasteiger partial charge on any atom is 0.0457 e. The monoisotopic (exact) mass is 264 g/mol. The van der Waals surface area contributed by atoms with Crippen LogP contribution in [0.25, 0.3) is 10.9 Å². The van der Waals surface area contributed by atoms with Crippen LogP contribution in [0.1, 0.15) is 18.9 Å². The minimum atomic E-state index is -0.692. The van der Waals surface area contributed by atoms with E-state index < -0.39 is 10.8 Å². The third-order valence-electron chi connectivity index (χ3n) is 3.11. The van der Waals surface area contributed by atoms with Gasteiger partial charge in [-0.05, 0) is 36.4 Å². The normalized spacial score (nSPS) is 14.8. The van der Waals surface area contributed by atoms with Crippen LogP contribution in [0.4, 0.5) is 0 Å². The van der Waals surface area contributed by atoms with Gasteiger partial charge in [-0.3, -0.25) is 4.21 Å². The summed E-state index contributed by atoms with van der Waals surface area (Å²) in [4.78, 5) is 3.22. The smallest absolute Gasteiger partial charge is 0.0457 e. The van der Waals surface area contributed by atoms with Crippen LogP contribution >= 0.6 is 0 Å². The molecule has 2 unspecified atom stereocenters. The van der Waals surface area contributed by atoms with Crippen molar-refractivity contribution in [3.05, 3.63) is 36.0 Å². The Morgan fingerprint density at radius 2 is 2.22 bits per heavy atom. The lowest BCUT2D eigenvalue weighted by atomic mass is 10.1. The SMILES string of the molecule is CC(CCS(C)=O)NCc1ccc2cc[nH]c2c1. The van der Waals surface area contributed by atoms with E-state index in [1.165, 1.54) is 16.5 Å². The zero-order valence-electron chi connectivity index (χ0n) is 10.9. The van der Waals surface area contributed by atoms with Gasteiger partial charge in [0.1, 0.15) is 0 Å². The highest BCUT2D eigenvalue weighted by atomic mass is 32.2. The van der Waals surface area contributed by atoms with E-state index in [0.717, 1.165) is 18.7 Å². The number of nitrogens with one attached hydrogen (secondary N) is 2. The largest absolute Gasteiger partial charge is 0.361 e. The Bertz CT molecular complexity index is 535. The highest BCUT2D eigenvalue weighted by Gasteiger charge is 2.03. The summed E-state index contributed by atoms with van der Waals surface area (Å²) < 4.78 is 11.0. The van der Waals surface area contributed by atoms with Crippen LogP contribution in [0.5, 0.6) is 0 Å². The summed E-state index contributed by atoms with van der Waals surface area (Å²) in [5.41, 5.74) is 2.45. The Morgan fingerprint density at radius 1 is 1.39 bits per heavy atom. The molecule has 0 saturated heterocycles. The van der Waals surface area contributed by atoms with E-state index in [0.29, 0.717) is 6.04 Å². The topological polar surface area (TPSA) is 44.9 Å². The van der Waals surface area contributed by atoms with Gasteiger partial charge in [-0.2, -0.15) is 0 Å². The fourth-order valence-corrected chi connectivity index (χ4v) is 2.63. The lowest BCUT2D eigenvalue weighted by Crippen LogP contribution is -2.26. The summed E-state index contributed by atoms with van der Waals surface area (Å²) in [6, 6.07) is 8.93. The van der Waals surface area contributed by atoms with Crippen LogP contribution in [-0.4, -0.2) is 27.2 Å². The van der Waals surface area contributed by atoms with Gasteiger partial charge in [0.2, 0.25) is 0 Å². The second kappa shape index (κ2) is 6.16. The van der Waals surface area contributed by atoms with Crippen molar-refractivity contribution in [3.63, 3.8) is 0 Å². The number of benzene rings is 1. The van der Waals surface area contributed by atoms with Crippen LogP contribution in [0.2, 0.25) is 0 Å². The molecule has 0 aliphatic rings. The van der Waals surface area contributed by atoms with Gasteiger partial charge in [0.25, 0.3) is 0 Å². The number of rotatable bonds is 6. The van der Waals surface area contributed by atoms with E-state index in [1.807, 2.05) is 6.20 Å². The Kier molecular flexibility index (Phi) is 4.55. The molecule has 2 N–H and O–H groups in total. The van der Waals surface area contributed by atoms with Crippen LogP contribution in [0.15, 0.2) is 30.5 Å². The first kappa shape index (κ1) is 13.3. The van der Waals surface area contributed by atoms with Gasteiger partial charge in [-0.15, -0.1) is 0 Å². The number of aromatic nitrogens is 1. The molecule has 2 rings (SSSR count). The zero-order chi connectivity index (χ0) is 13.0. The van der Waals surface area contributed by atoms with E-state index in [9.17, 15) is 4.21 Å². The van der Waals surface area contributed by atoms with Crippen molar-refractivity contribution in [2.24, 2.45) is 0 Å². The predicted octanol–water partition coefficient (Wildman–Crippen LogP) is 2.41. The van der Waals surface area contributed by atoms with E-state index in [1.54, 1.807) is 6.26 Å². The molecule has 2 aromatic rings. The molecule has 0 amide bonds. The van der Waals surface area contributed by atoms with Crippen molar-refractivity contribution >= 4 is 21.7 Å². The molecular formula is C14H20N2OS. The Morgan fingerprint density at radius 3 is 3.00 bits per heavy atom. The first-order valence-electron chi connectivity index (χ1n) is 6.24. The quantitative estimate of drug-likeness (QED) is 0.841. The second-order valence-electron chi connectivity index (χ2n) is 4.75. The summed E-state index contributed by atoms with van der Waals surface area (Å²) in [7, 11) is -0.692. The molecule has 0 aliphatic heterocycles. The van der Waals surface area contributed by atoms with Crippen molar-refractivity contribution in [2.75, 3.05) is 12.0 Å². The predicted molar refractivity (Wildman–Crippen MR) is 78.2 cm³/mol. The third kappa shape index (κ3) is 3.68. The molecule has 0 aliphatic carbocycles. The van der Waals surface area contributed by atoms with E-state index in [2.05, 4.69) is 41.5 Å². The fourth-order valence-electron chi connectivity index (χ4n) is 1.94. The Hall–Kier alpha value is -1.13. The van der Waals surface area contributed by atoms with Gasteiger partial charge < -0.3 is 10.3 Å². The molecular weight excluding hydrogens is 244 g/mol. The molecule has 0 radical (unpaired) electrons. The summed E-state index contributed by atoms with van der Waals surface area (Å²) >= 11 is 0. The summed E-state index contributed by atoms with van der Waals surface area (Å²) in [5, 5.41) is 4.71. The lowest BCUT2D eigenvalue weighted by Gasteiger charge is -2.13. The zero-order valence-corrected chi connectivity index (χ0v) is 11.7. The van der Waals surface area contributed by atoms with E-state index in [-0.39, 0.29) is 0 Å². The first-order chi connectivity index (χ1) is 8.65. The number of hydrogen-bond donors (Lipinski definition) is 2. The molecule has 2 atom stereocenters. The molecule has 0 bridgehead atoms. The van der Waals surface area contributed by atoms with Crippen LogP contribution in [0.3, 0.4) is 0 Å². The van der Waals surface area contributed by atoms with Crippen molar-refractivity contribution in [3.8, 4) is 0 Å². The Balaban J connectivity index is 1.87. The van der Waals surface area contributed by atoms with Crippen LogP contribution in [0, 0.1) is 0 Å². The second-order valence-corrected chi connectivity index (χ2v) is 6.30. The van der Waals surface area contributed by atoms with Crippen LogP contribution in [-0.2, 0) is 17.3 Å². The fraction of sp³-hybridized carbons (Fsp3) is 0.429. The van der Waals surface area contributed by atoms with Crippen molar-refractivity contribution in [1.82, 2.24) is 10.3 Å². The average Bonchev–Trinajstić information content (AvgIpc) is 2.81. The highest BCUT2D eigenvalue weighted by Crippen LogP contribution is 2.14. The maximum absolute atomic E-state index is 11.0. The minimum absolute atomic E-state index is 0.397. The molecule has 1 aromatic heterocycles. The van der Waals surface area contributed by atoms with Gasteiger partial charge in [-0.1, -0.05) is 12.1 Å². The number of H-pyrrole nitrogens is 1. The van der Waals surface area contributed by atoms with Crippen molar-refractivity contribution < 1.29 is 4.21 Å². The molecule has 1 aromatic carbocycles. The van der Waals surface area contributed by atoms with E-state index >= 15 is 0 Å². The number of aromatic amines is 1. The molecule has 4 heteroatoms. The minimum Gasteiger partial charge on any atom is -0.361 e. The summed E-state index contributed by atoms with van der Waals surface area (Å²) in [5.74, 6) is 0.768.